The van der Waals surface area contributed by atoms with Crippen LogP contribution in [0.5, 0.6) is 0 Å². The molecule has 0 spiro atoms. The first-order chi connectivity index (χ1) is 5.91. The van der Waals surface area contributed by atoms with Gasteiger partial charge in [-0.15, -0.1) is 0 Å². The molecule has 13 heavy (non-hydrogen) atoms. The van der Waals surface area contributed by atoms with E-state index in [4.69, 9.17) is 5.11 Å². The third-order valence-electron chi connectivity index (χ3n) is 2.49. The minimum absolute atomic E-state index is 0.0391. The predicted octanol–water partition coefficient (Wildman–Crippen LogP) is 2.44. The molecule has 1 aliphatic carbocycles. The average Bonchev–Trinajstić information content (AvgIpc) is 1.79. The van der Waals surface area contributed by atoms with Crippen molar-refractivity contribution in [1.29, 1.82) is 0 Å². The number of rotatable bonds is 3. The van der Waals surface area contributed by atoms with Gasteiger partial charge in [0.1, 0.15) is 0 Å². The molecule has 0 aromatic carbocycles. The summed E-state index contributed by atoms with van der Waals surface area (Å²) in [4.78, 5) is 10.3. The van der Waals surface area contributed by atoms with Crippen molar-refractivity contribution in [3.8, 4) is 0 Å². The van der Waals surface area contributed by atoms with Crippen LogP contribution >= 0.6 is 0 Å². The van der Waals surface area contributed by atoms with Gasteiger partial charge in [-0.1, -0.05) is 19.3 Å². The second-order valence-corrected chi connectivity index (χ2v) is 3.47. The van der Waals surface area contributed by atoms with Crippen LogP contribution < -0.4 is 0 Å². The van der Waals surface area contributed by atoms with Gasteiger partial charge in [0.05, 0.1) is 0 Å². The van der Waals surface area contributed by atoms with Crippen molar-refractivity contribution in [1.82, 2.24) is 0 Å². The number of carboxylic acids is 1. The maximum Gasteiger partial charge on any atom is 0.402 e. The van der Waals surface area contributed by atoms with Gasteiger partial charge in [-0.05, 0) is 12.3 Å². The molecule has 1 N–H and O–H groups in total. The molecule has 1 fully saturated rings. The quantitative estimate of drug-likeness (QED) is 0.752. The van der Waals surface area contributed by atoms with Crippen LogP contribution in [0.1, 0.15) is 25.7 Å². The standard InChI is InChI=1S/C8H11F3O2/c9-8(10,11)6(7(12)13)4-5-2-1-3-5/h5-6H,1-4H2,(H,12,13). The summed E-state index contributed by atoms with van der Waals surface area (Å²) in [6.45, 7) is 0. The molecule has 0 aromatic heterocycles. The summed E-state index contributed by atoms with van der Waals surface area (Å²) in [7, 11) is 0. The third kappa shape index (κ3) is 2.60. The summed E-state index contributed by atoms with van der Waals surface area (Å²) >= 11 is 0. The molecule has 0 heterocycles. The highest BCUT2D eigenvalue weighted by Gasteiger charge is 2.46. The van der Waals surface area contributed by atoms with Crippen LogP contribution in [-0.2, 0) is 4.79 Å². The van der Waals surface area contributed by atoms with E-state index in [1.165, 1.54) is 0 Å². The monoisotopic (exact) mass is 196 g/mol. The molecule has 1 aliphatic rings. The summed E-state index contributed by atoms with van der Waals surface area (Å²) in [5, 5.41) is 8.36. The summed E-state index contributed by atoms with van der Waals surface area (Å²) < 4.78 is 36.3. The molecular formula is C8H11F3O2. The zero-order chi connectivity index (χ0) is 10.1. The molecule has 5 heteroatoms. The highest BCUT2D eigenvalue weighted by atomic mass is 19.4. The summed E-state index contributed by atoms with van der Waals surface area (Å²) in [5.41, 5.74) is 0. The van der Waals surface area contributed by atoms with E-state index in [2.05, 4.69) is 0 Å². The Labute approximate surface area is 73.7 Å². The molecule has 76 valence electrons. The Kier molecular flexibility index (Phi) is 2.83. The first-order valence-corrected chi connectivity index (χ1v) is 4.21. The van der Waals surface area contributed by atoms with E-state index < -0.39 is 18.1 Å². The van der Waals surface area contributed by atoms with Crippen LogP contribution in [0.3, 0.4) is 0 Å². The SMILES string of the molecule is O=C(O)C(CC1CCC1)C(F)(F)F. The summed E-state index contributed by atoms with van der Waals surface area (Å²) in [5.74, 6) is -3.96. The van der Waals surface area contributed by atoms with Crippen molar-refractivity contribution in [2.75, 3.05) is 0 Å². The van der Waals surface area contributed by atoms with Crippen molar-refractivity contribution < 1.29 is 23.1 Å². The zero-order valence-electron chi connectivity index (χ0n) is 6.97. The highest BCUT2D eigenvalue weighted by Crippen LogP contribution is 2.38. The number of hydrogen-bond donors (Lipinski definition) is 1. The molecule has 2 nitrogen and oxygen atoms in total. The maximum atomic E-state index is 12.1. The Balaban J connectivity index is 2.51. The van der Waals surface area contributed by atoms with Gasteiger partial charge >= 0.3 is 12.1 Å². The van der Waals surface area contributed by atoms with E-state index in [0.29, 0.717) is 0 Å². The van der Waals surface area contributed by atoms with Crippen LogP contribution in [0.15, 0.2) is 0 Å². The molecule has 1 rings (SSSR count). The first-order valence-electron chi connectivity index (χ1n) is 4.21. The van der Waals surface area contributed by atoms with Crippen molar-refractivity contribution in [3.63, 3.8) is 0 Å². The molecular weight excluding hydrogens is 185 g/mol. The molecule has 1 saturated carbocycles. The molecule has 1 unspecified atom stereocenters. The van der Waals surface area contributed by atoms with Crippen molar-refractivity contribution in [2.45, 2.75) is 31.9 Å². The van der Waals surface area contributed by atoms with E-state index in [-0.39, 0.29) is 12.3 Å². The van der Waals surface area contributed by atoms with Gasteiger partial charge in [0.25, 0.3) is 0 Å². The van der Waals surface area contributed by atoms with E-state index in [1.54, 1.807) is 0 Å². The van der Waals surface area contributed by atoms with Crippen LogP contribution in [0.2, 0.25) is 0 Å². The van der Waals surface area contributed by atoms with Crippen LogP contribution in [-0.4, -0.2) is 17.3 Å². The molecule has 0 bridgehead atoms. The number of hydrogen-bond acceptors (Lipinski definition) is 1. The van der Waals surface area contributed by atoms with Crippen LogP contribution in [0.25, 0.3) is 0 Å². The van der Waals surface area contributed by atoms with Gasteiger partial charge in [-0.2, -0.15) is 13.2 Å². The number of carboxylic acid groups (broad SMARTS) is 1. The van der Waals surface area contributed by atoms with Crippen molar-refractivity contribution in [2.24, 2.45) is 11.8 Å². The fraction of sp³-hybridized carbons (Fsp3) is 0.875. The molecule has 1 atom stereocenters. The Morgan fingerprint density at radius 1 is 1.46 bits per heavy atom. The van der Waals surface area contributed by atoms with E-state index in [1.807, 2.05) is 0 Å². The van der Waals surface area contributed by atoms with Crippen LogP contribution in [0, 0.1) is 11.8 Å². The highest BCUT2D eigenvalue weighted by molar-refractivity contribution is 5.70. The molecule has 0 saturated heterocycles. The van der Waals surface area contributed by atoms with Gasteiger partial charge in [0.2, 0.25) is 0 Å². The smallest absolute Gasteiger partial charge is 0.402 e. The Morgan fingerprint density at radius 2 is 2.00 bits per heavy atom. The lowest BCUT2D eigenvalue weighted by atomic mass is 9.79. The van der Waals surface area contributed by atoms with Gasteiger partial charge in [-0.3, -0.25) is 4.79 Å². The second-order valence-electron chi connectivity index (χ2n) is 3.47. The van der Waals surface area contributed by atoms with E-state index in [0.717, 1.165) is 19.3 Å². The van der Waals surface area contributed by atoms with Crippen molar-refractivity contribution >= 4 is 5.97 Å². The lowest BCUT2D eigenvalue weighted by Gasteiger charge is -2.28. The van der Waals surface area contributed by atoms with Gasteiger partial charge < -0.3 is 5.11 Å². The zero-order valence-corrected chi connectivity index (χ0v) is 6.97. The van der Waals surface area contributed by atoms with Gasteiger partial charge in [-0.25, -0.2) is 0 Å². The lowest BCUT2D eigenvalue weighted by molar-refractivity contribution is -0.197. The number of aliphatic carboxylic acids is 1. The maximum absolute atomic E-state index is 12.1. The number of carbonyl (C=O) groups is 1. The fourth-order valence-corrected chi connectivity index (χ4v) is 1.44. The minimum Gasteiger partial charge on any atom is -0.481 e. The average molecular weight is 196 g/mol. The fourth-order valence-electron chi connectivity index (χ4n) is 1.44. The Bertz CT molecular complexity index is 196. The normalized spacial score (nSPS) is 20.8. The Morgan fingerprint density at radius 3 is 2.23 bits per heavy atom. The molecule has 0 aliphatic heterocycles. The first kappa shape index (κ1) is 10.3. The Hall–Kier alpha value is -0.740. The van der Waals surface area contributed by atoms with Gasteiger partial charge in [0, 0.05) is 0 Å². The van der Waals surface area contributed by atoms with Crippen LogP contribution in [0.4, 0.5) is 13.2 Å². The molecule has 0 radical (unpaired) electrons. The van der Waals surface area contributed by atoms with Crippen molar-refractivity contribution in [3.05, 3.63) is 0 Å². The summed E-state index contributed by atoms with van der Waals surface area (Å²) in [6, 6.07) is 0. The number of halogens is 3. The number of alkyl halides is 3. The third-order valence-corrected chi connectivity index (χ3v) is 2.49. The predicted molar refractivity (Wildman–Crippen MR) is 39.1 cm³/mol. The largest absolute Gasteiger partial charge is 0.481 e. The topological polar surface area (TPSA) is 37.3 Å². The van der Waals surface area contributed by atoms with E-state index in [9.17, 15) is 18.0 Å². The summed E-state index contributed by atoms with van der Waals surface area (Å²) in [6.07, 6.45) is -2.45. The van der Waals surface area contributed by atoms with E-state index >= 15 is 0 Å². The minimum atomic E-state index is -4.60. The molecule has 0 amide bonds. The van der Waals surface area contributed by atoms with Gasteiger partial charge in [0.15, 0.2) is 5.92 Å². The second kappa shape index (κ2) is 3.55. The lowest BCUT2D eigenvalue weighted by Crippen LogP contribution is -2.33. The molecule has 0 aromatic rings.